The minimum Gasteiger partial charge on any atom is -0.376 e. The molecule has 0 saturated heterocycles. The molecule has 0 radical (unpaired) electrons. The van der Waals surface area contributed by atoms with Gasteiger partial charge in [0.15, 0.2) is 0 Å². The Morgan fingerprint density at radius 3 is 2.83 bits per heavy atom. The van der Waals surface area contributed by atoms with E-state index in [1.54, 1.807) is 6.07 Å². The van der Waals surface area contributed by atoms with Crippen molar-refractivity contribution >= 4 is 23.2 Å². The summed E-state index contributed by atoms with van der Waals surface area (Å²) in [5.41, 5.74) is 2.03. The van der Waals surface area contributed by atoms with Gasteiger partial charge in [0.05, 0.1) is 23.3 Å². The Bertz CT molecular complexity index is 407. The first-order valence-electron chi connectivity index (χ1n) is 5.91. The SMILES string of the molecule is C=C(C)COCCNC(C)c1cccc(Cl)c1Cl. The first-order valence-corrected chi connectivity index (χ1v) is 6.67. The molecule has 0 aromatic heterocycles. The van der Waals surface area contributed by atoms with Gasteiger partial charge in [0.2, 0.25) is 0 Å². The third-order valence-corrected chi connectivity index (χ3v) is 3.33. The lowest BCUT2D eigenvalue weighted by Crippen LogP contribution is -2.23. The third-order valence-electron chi connectivity index (χ3n) is 2.49. The summed E-state index contributed by atoms with van der Waals surface area (Å²) < 4.78 is 5.41. The molecular weight excluding hydrogens is 269 g/mol. The van der Waals surface area contributed by atoms with Crippen molar-refractivity contribution in [2.24, 2.45) is 0 Å². The van der Waals surface area contributed by atoms with Crippen molar-refractivity contribution in [2.45, 2.75) is 19.9 Å². The number of rotatable bonds is 7. The molecular formula is C14H19Cl2NO. The lowest BCUT2D eigenvalue weighted by atomic mass is 10.1. The normalized spacial score (nSPS) is 12.4. The van der Waals surface area contributed by atoms with Gasteiger partial charge in [0, 0.05) is 12.6 Å². The zero-order valence-corrected chi connectivity index (χ0v) is 12.3. The highest BCUT2D eigenvalue weighted by atomic mass is 35.5. The standard InChI is InChI=1S/C14H19Cl2NO/c1-10(2)9-18-8-7-17-11(3)12-5-4-6-13(15)14(12)16/h4-6,11,17H,1,7-9H2,2-3H3. The molecule has 2 nitrogen and oxygen atoms in total. The second-order valence-corrected chi connectivity index (χ2v) is 5.11. The smallest absolute Gasteiger partial charge is 0.0672 e. The van der Waals surface area contributed by atoms with Gasteiger partial charge < -0.3 is 10.1 Å². The molecule has 1 unspecified atom stereocenters. The largest absolute Gasteiger partial charge is 0.376 e. The Hall–Kier alpha value is -0.540. The Morgan fingerprint density at radius 1 is 1.44 bits per heavy atom. The van der Waals surface area contributed by atoms with Crippen LogP contribution < -0.4 is 5.32 Å². The predicted octanol–water partition coefficient (Wildman–Crippen LogP) is 4.24. The van der Waals surface area contributed by atoms with Crippen molar-refractivity contribution in [3.63, 3.8) is 0 Å². The molecule has 18 heavy (non-hydrogen) atoms. The van der Waals surface area contributed by atoms with Crippen molar-refractivity contribution in [3.8, 4) is 0 Å². The number of hydrogen-bond acceptors (Lipinski definition) is 2. The van der Waals surface area contributed by atoms with E-state index in [0.29, 0.717) is 23.3 Å². The zero-order valence-electron chi connectivity index (χ0n) is 10.8. The molecule has 0 heterocycles. The van der Waals surface area contributed by atoms with Crippen LogP contribution in [0.1, 0.15) is 25.5 Å². The second kappa shape index (κ2) is 7.80. The summed E-state index contributed by atoms with van der Waals surface area (Å²) in [5, 5.41) is 4.54. The second-order valence-electron chi connectivity index (χ2n) is 4.33. The van der Waals surface area contributed by atoms with E-state index in [0.717, 1.165) is 17.7 Å². The molecule has 1 rings (SSSR count). The van der Waals surface area contributed by atoms with E-state index in [4.69, 9.17) is 27.9 Å². The highest BCUT2D eigenvalue weighted by Crippen LogP contribution is 2.29. The molecule has 0 spiro atoms. The highest BCUT2D eigenvalue weighted by molar-refractivity contribution is 6.42. The minimum absolute atomic E-state index is 0.143. The van der Waals surface area contributed by atoms with Gasteiger partial charge in [-0.1, -0.05) is 47.5 Å². The van der Waals surface area contributed by atoms with Crippen molar-refractivity contribution in [2.75, 3.05) is 19.8 Å². The molecule has 100 valence electrons. The first kappa shape index (κ1) is 15.5. The number of ether oxygens (including phenoxy) is 1. The Balaban J connectivity index is 2.38. The van der Waals surface area contributed by atoms with E-state index in [9.17, 15) is 0 Å². The van der Waals surface area contributed by atoms with E-state index in [2.05, 4.69) is 18.8 Å². The van der Waals surface area contributed by atoms with Crippen LogP contribution in [0.2, 0.25) is 10.0 Å². The maximum absolute atomic E-state index is 6.15. The fourth-order valence-corrected chi connectivity index (χ4v) is 2.03. The molecule has 0 amide bonds. The summed E-state index contributed by atoms with van der Waals surface area (Å²) >= 11 is 12.1. The maximum atomic E-state index is 6.15. The summed E-state index contributed by atoms with van der Waals surface area (Å²) in [4.78, 5) is 0. The van der Waals surface area contributed by atoms with Gasteiger partial charge in [0.25, 0.3) is 0 Å². The Morgan fingerprint density at radius 2 is 2.17 bits per heavy atom. The third kappa shape index (κ3) is 4.99. The van der Waals surface area contributed by atoms with Crippen LogP contribution in [0.5, 0.6) is 0 Å². The number of benzene rings is 1. The highest BCUT2D eigenvalue weighted by Gasteiger charge is 2.10. The van der Waals surface area contributed by atoms with Crippen LogP contribution in [0, 0.1) is 0 Å². The van der Waals surface area contributed by atoms with E-state index >= 15 is 0 Å². The molecule has 0 saturated carbocycles. The summed E-state index contributed by atoms with van der Waals surface area (Å²) in [6, 6.07) is 5.81. The van der Waals surface area contributed by atoms with Gasteiger partial charge in [0.1, 0.15) is 0 Å². The maximum Gasteiger partial charge on any atom is 0.0672 e. The van der Waals surface area contributed by atoms with Crippen LogP contribution in [0.15, 0.2) is 30.4 Å². The molecule has 0 aliphatic carbocycles. The summed E-state index contributed by atoms with van der Waals surface area (Å²) in [6.07, 6.45) is 0. The van der Waals surface area contributed by atoms with Crippen LogP contribution >= 0.6 is 23.2 Å². The molecule has 1 atom stereocenters. The predicted molar refractivity (Wildman–Crippen MR) is 78.5 cm³/mol. The average molecular weight is 288 g/mol. The van der Waals surface area contributed by atoms with Crippen LogP contribution in [0.3, 0.4) is 0 Å². The number of hydrogen-bond donors (Lipinski definition) is 1. The van der Waals surface area contributed by atoms with Gasteiger partial charge in [-0.05, 0) is 25.5 Å². The molecule has 1 aromatic rings. The van der Waals surface area contributed by atoms with E-state index in [-0.39, 0.29) is 6.04 Å². The molecule has 0 aliphatic rings. The van der Waals surface area contributed by atoms with Gasteiger partial charge >= 0.3 is 0 Å². The van der Waals surface area contributed by atoms with Crippen molar-refractivity contribution in [1.29, 1.82) is 0 Å². The summed E-state index contributed by atoms with van der Waals surface area (Å²) in [6.45, 7) is 9.79. The Labute approximate surface area is 119 Å². The van der Waals surface area contributed by atoms with Gasteiger partial charge in [-0.2, -0.15) is 0 Å². The van der Waals surface area contributed by atoms with E-state index < -0.39 is 0 Å². The van der Waals surface area contributed by atoms with Crippen molar-refractivity contribution in [3.05, 3.63) is 46.0 Å². The van der Waals surface area contributed by atoms with Gasteiger partial charge in [-0.15, -0.1) is 0 Å². The Kier molecular flexibility index (Phi) is 6.72. The van der Waals surface area contributed by atoms with Gasteiger partial charge in [-0.3, -0.25) is 0 Å². The first-order chi connectivity index (χ1) is 8.52. The van der Waals surface area contributed by atoms with Gasteiger partial charge in [-0.25, -0.2) is 0 Å². The van der Waals surface area contributed by atoms with Crippen LogP contribution in [0.25, 0.3) is 0 Å². The minimum atomic E-state index is 0.143. The fraction of sp³-hybridized carbons (Fsp3) is 0.429. The summed E-state index contributed by atoms with van der Waals surface area (Å²) in [7, 11) is 0. The molecule has 0 aliphatic heterocycles. The topological polar surface area (TPSA) is 21.3 Å². The van der Waals surface area contributed by atoms with Crippen LogP contribution in [0.4, 0.5) is 0 Å². The number of nitrogens with one attached hydrogen (secondary N) is 1. The van der Waals surface area contributed by atoms with E-state index in [1.165, 1.54) is 0 Å². The molecule has 0 bridgehead atoms. The lowest BCUT2D eigenvalue weighted by Gasteiger charge is -2.16. The zero-order chi connectivity index (χ0) is 13.5. The molecule has 1 aromatic carbocycles. The average Bonchev–Trinajstić information content (AvgIpc) is 2.31. The van der Waals surface area contributed by atoms with E-state index in [1.807, 2.05) is 19.1 Å². The summed E-state index contributed by atoms with van der Waals surface area (Å²) in [5.74, 6) is 0. The molecule has 0 fully saturated rings. The lowest BCUT2D eigenvalue weighted by molar-refractivity contribution is 0.156. The fourth-order valence-electron chi connectivity index (χ4n) is 1.56. The molecule has 4 heteroatoms. The quantitative estimate of drug-likeness (QED) is 0.598. The number of halogens is 2. The van der Waals surface area contributed by atoms with Crippen molar-refractivity contribution in [1.82, 2.24) is 5.32 Å². The monoisotopic (exact) mass is 287 g/mol. The van der Waals surface area contributed by atoms with Crippen molar-refractivity contribution < 1.29 is 4.74 Å². The van der Waals surface area contributed by atoms with Crippen LogP contribution in [-0.4, -0.2) is 19.8 Å². The van der Waals surface area contributed by atoms with Crippen LogP contribution in [-0.2, 0) is 4.74 Å². The molecule has 1 N–H and O–H groups in total.